The topological polar surface area (TPSA) is 509 Å². The summed E-state index contributed by atoms with van der Waals surface area (Å²) in [7, 11) is 0. The van der Waals surface area contributed by atoms with Gasteiger partial charge in [-0.15, -0.1) is 0 Å². The van der Waals surface area contributed by atoms with Crippen LogP contribution in [-0.2, 0) is 47.7 Å². The number of halogens is 9. The van der Waals surface area contributed by atoms with Crippen LogP contribution >= 0.6 is 0 Å². The largest absolute Gasteiger partial charge is 0.471 e. The Labute approximate surface area is 532 Å². The number of ether oxygens (including phenoxy) is 5. The van der Waals surface area contributed by atoms with E-state index in [1.165, 1.54) is 23.9 Å². The van der Waals surface area contributed by atoms with Crippen LogP contribution in [0, 0.1) is 41.4 Å². The predicted octanol–water partition coefficient (Wildman–Crippen LogP) is 2.20. The van der Waals surface area contributed by atoms with Crippen LogP contribution in [0.4, 0.5) is 57.0 Å². The van der Waals surface area contributed by atoms with Crippen molar-refractivity contribution in [1.29, 1.82) is 0 Å². The lowest BCUT2D eigenvalue weighted by molar-refractivity contribution is -0.173. The molecule has 6 heterocycles. The highest BCUT2D eigenvalue weighted by atomic mass is 19.4. The van der Waals surface area contributed by atoms with E-state index >= 15 is 0 Å². The number of carbonyl (C=O) groups excluding carboxylic acids is 5. The van der Waals surface area contributed by atoms with Crippen molar-refractivity contribution < 1.29 is 97.4 Å². The first-order valence-electron chi connectivity index (χ1n) is 27.5. The molecule has 3 aliphatic rings. The first kappa shape index (κ1) is 77.9. The molecule has 0 spiro atoms. The van der Waals surface area contributed by atoms with Gasteiger partial charge in [-0.1, -0.05) is 57.8 Å². The van der Waals surface area contributed by atoms with E-state index in [1.54, 1.807) is 16.0 Å². The van der Waals surface area contributed by atoms with Gasteiger partial charge in [0.2, 0.25) is 11.8 Å². The molecule has 0 aromatic carbocycles. The van der Waals surface area contributed by atoms with E-state index in [0.717, 1.165) is 22.3 Å². The maximum absolute atomic E-state index is 12.6. The lowest BCUT2D eigenvalue weighted by Gasteiger charge is -2.16. The van der Waals surface area contributed by atoms with Gasteiger partial charge in [-0.25, -0.2) is 14.4 Å². The van der Waals surface area contributed by atoms with Gasteiger partial charge in [0.15, 0.2) is 11.6 Å². The lowest BCUT2D eigenvalue weighted by Crippen LogP contribution is -2.36. The molecule has 3 aromatic heterocycles. The van der Waals surface area contributed by atoms with E-state index in [0.29, 0.717) is 19.3 Å². The molecular weight excluding hydrogens is 1320 g/mol. The van der Waals surface area contributed by atoms with Gasteiger partial charge in [-0.2, -0.15) is 54.5 Å². The van der Waals surface area contributed by atoms with Crippen LogP contribution in [0.1, 0.15) is 88.2 Å². The monoisotopic (exact) mass is 1370 g/mol. The Bertz CT molecular complexity index is 3670. The number of aliphatic hydroxyl groups excluding tert-OH is 2. The number of hydrogen-bond acceptors (Lipinski definition) is 22. The molecule has 9 unspecified atom stereocenters. The second-order valence-electron chi connectivity index (χ2n) is 19.4. The van der Waals surface area contributed by atoms with Crippen LogP contribution in [-0.4, -0.2) is 170 Å². The van der Waals surface area contributed by atoms with E-state index in [9.17, 15) is 88.1 Å². The van der Waals surface area contributed by atoms with E-state index in [2.05, 4.69) is 91.2 Å². The molecular formula is C51H56F9N21O15. The van der Waals surface area contributed by atoms with Gasteiger partial charge in [0.1, 0.15) is 50.2 Å². The molecule has 6 rings (SSSR count). The third-order valence-corrected chi connectivity index (χ3v) is 12.8. The molecule has 3 saturated heterocycles. The third-order valence-electron chi connectivity index (χ3n) is 12.8. The zero-order valence-electron chi connectivity index (χ0n) is 50.0. The Kier molecular flexibility index (Phi) is 29.9. The predicted molar refractivity (Wildman–Crippen MR) is 306 cm³/mol. The molecule has 0 radical (unpaired) electrons. The Morgan fingerprint density at radius 3 is 1.31 bits per heavy atom. The summed E-state index contributed by atoms with van der Waals surface area (Å²) in [5.74, 6) is 6.04. The average molecular weight is 1370 g/mol. The van der Waals surface area contributed by atoms with Crippen molar-refractivity contribution in [3.8, 4) is 35.5 Å². The highest BCUT2D eigenvalue weighted by Crippen LogP contribution is 2.37. The number of aliphatic hydroxyl groups is 2. The number of nitrogens with zero attached hydrogens (tertiary/aromatic N) is 15. The minimum Gasteiger partial charge on any atom is -0.394 e. The number of aromatic nitrogens is 6. The van der Waals surface area contributed by atoms with Gasteiger partial charge in [-0.3, -0.25) is 37.7 Å². The van der Waals surface area contributed by atoms with E-state index in [1.807, 2.05) is 6.92 Å². The molecule has 96 heavy (non-hydrogen) atoms. The van der Waals surface area contributed by atoms with Gasteiger partial charge in [0, 0.05) is 66.6 Å². The first-order chi connectivity index (χ1) is 45.3. The molecule has 0 aliphatic carbocycles. The van der Waals surface area contributed by atoms with Crippen LogP contribution in [0.25, 0.3) is 31.3 Å². The van der Waals surface area contributed by atoms with E-state index < -0.39 is 141 Å². The summed E-state index contributed by atoms with van der Waals surface area (Å²) in [4.78, 5) is 111. The van der Waals surface area contributed by atoms with Crippen LogP contribution in [0.3, 0.4) is 0 Å². The van der Waals surface area contributed by atoms with Crippen LogP contribution in [0.15, 0.2) is 48.3 Å². The number of nitrogen functional groups attached to an aromatic ring is 1. The van der Waals surface area contributed by atoms with Crippen molar-refractivity contribution in [2.24, 2.45) is 21.3 Å². The molecule has 9 N–H and O–H groups in total. The molecule has 36 nitrogen and oxygen atoms in total. The van der Waals surface area contributed by atoms with Gasteiger partial charge in [0.25, 0.3) is 0 Å². The quantitative estimate of drug-likeness (QED) is 0.0264. The molecule has 45 heteroatoms. The van der Waals surface area contributed by atoms with Crippen molar-refractivity contribution in [3.05, 3.63) is 98.1 Å². The van der Waals surface area contributed by atoms with Crippen molar-refractivity contribution in [2.75, 3.05) is 69.2 Å². The fraction of sp³-hybridized carbons (Fsp3) is 0.549. The number of nitrogens with two attached hydrogens (primary N) is 1. The van der Waals surface area contributed by atoms with Crippen molar-refractivity contribution in [1.82, 2.24) is 44.6 Å². The smallest absolute Gasteiger partial charge is 0.394 e. The molecule has 3 aliphatic heterocycles. The Morgan fingerprint density at radius 2 is 0.958 bits per heavy atom. The van der Waals surface area contributed by atoms with Gasteiger partial charge in [-0.05, 0) is 41.8 Å². The van der Waals surface area contributed by atoms with Crippen LogP contribution in [0.2, 0.25) is 0 Å². The number of alkyl halides is 9. The Morgan fingerprint density at radius 1 is 0.604 bits per heavy atom. The lowest BCUT2D eigenvalue weighted by atomic mass is 9.95. The van der Waals surface area contributed by atoms with Crippen molar-refractivity contribution in [3.63, 3.8) is 0 Å². The standard InChI is InChI=1S/C19H22F3N7O4.C17H18F3N7O6.C15H16F3N7O5/c1-3-14-12(6-8-25-28-23)9-15(33-14)29-10-13(16(26-11(2)30)27-18(29)32)5-4-7-24-17(31)19(20,21)22;1-9(29)24-14-10(3-2-4-22-15(30)17(18,19)20)6-27(16(31)25-14)13-5-11(12(7-28)33-13)32-8-23-26-21;16-15(17,18)13(27)21-3-1-2-8-5-25(14(28)23-12(8)19)11-4-9(10(6-26)30-11)29-7-22-24-20/h10,12,14-15H,3,6-9H2,1-2H3,(H,24,31)(H,26,27,30,32);6,11-13,28H,4-5,7-8H2,1H3,(H,22,30)(H,24,25,29,31);5,9-11,26H,3-4,6-7H2,(H,21,27)(H2,19,23,28). The molecule has 0 saturated carbocycles. The average Bonchev–Trinajstić information content (AvgIpc) is 1.41. The Balaban J connectivity index is 0.000000307. The van der Waals surface area contributed by atoms with E-state index in [4.69, 9.17) is 46.0 Å². The summed E-state index contributed by atoms with van der Waals surface area (Å²) in [5, 5.41) is 38.2. The summed E-state index contributed by atoms with van der Waals surface area (Å²) in [5.41, 5.74) is 28.3. The number of amides is 5. The Hall–Kier alpha value is -10.5. The highest BCUT2D eigenvalue weighted by Gasteiger charge is 2.42. The van der Waals surface area contributed by atoms with Gasteiger partial charge in [0.05, 0.1) is 67.9 Å². The molecule has 0 bridgehead atoms. The highest BCUT2D eigenvalue weighted by molar-refractivity contribution is 5.89. The maximum atomic E-state index is 12.6. The molecule has 9 atom stereocenters. The molecule has 518 valence electrons. The van der Waals surface area contributed by atoms with Gasteiger partial charge < -0.3 is 66.2 Å². The molecule has 5 amide bonds. The summed E-state index contributed by atoms with van der Waals surface area (Å²) in [6.45, 7) is 1.11. The summed E-state index contributed by atoms with van der Waals surface area (Å²) in [6, 6.07) is 0. The number of anilines is 3. The number of carbonyl (C=O) groups is 5. The summed E-state index contributed by atoms with van der Waals surface area (Å²) in [6.07, 6.45) is -15.5. The summed E-state index contributed by atoms with van der Waals surface area (Å²) >= 11 is 0. The normalized spacial score (nSPS) is 20.0. The second-order valence-corrected chi connectivity index (χ2v) is 19.4. The van der Waals surface area contributed by atoms with Crippen LogP contribution < -0.4 is 49.4 Å². The SMILES string of the molecule is CC(=O)Nc1nc(=O)n(C2CC(OCN=[N+]=[N-])C(CO)O2)cc1C#CCNC(=O)C(F)(F)F.CCC1OC(n2cc(C#CCNC(=O)C(F)(F)F)c(NC(C)=O)nc2=O)CC1CCN=[N+]=[N-].[N-]=[N+]=NCOC1CC(n2cc(C#CCNC(=O)C(F)(F)F)c(N)nc2=O)OC1CO. The minimum absolute atomic E-state index is 0.0125. The van der Waals surface area contributed by atoms with Crippen molar-refractivity contribution in [2.45, 2.75) is 121 Å². The maximum Gasteiger partial charge on any atom is 0.471 e. The molecule has 3 aromatic rings. The fourth-order valence-electron chi connectivity index (χ4n) is 8.62. The third kappa shape index (κ3) is 24.1. The number of nitrogens with one attached hydrogen (secondary N) is 5. The number of hydrogen-bond donors (Lipinski definition) is 8. The van der Waals surface area contributed by atoms with Gasteiger partial charge >= 0.3 is 53.3 Å². The zero-order valence-corrected chi connectivity index (χ0v) is 50.0. The fourth-order valence-corrected chi connectivity index (χ4v) is 8.62. The van der Waals surface area contributed by atoms with Crippen molar-refractivity contribution >= 4 is 47.0 Å². The second kappa shape index (κ2) is 36.8. The number of rotatable bonds is 20. The minimum atomic E-state index is -5.07. The summed E-state index contributed by atoms with van der Waals surface area (Å²) < 4.78 is 141. The number of azide groups is 3. The first-order valence-corrected chi connectivity index (χ1v) is 27.5. The van der Waals surface area contributed by atoms with Crippen LogP contribution in [0.5, 0.6) is 0 Å². The van der Waals surface area contributed by atoms with E-state index in [-0.39, 0.29) is 79.0 Å². The zero-order chi connectivity index (χ0) is 71.5. The molecule has 3 fully saturated rings.